The highest BCUT2D eigenvalue weighted by Gasteiger charge is 2.32. The van der Waals surface area contributed by atoms with E-state index in [1.165, 1.54) is 31.4 Å². The van der Waals surface area contributed by atoms with Gasteiger partial charge in [-0.25, -0.2) is 0 Å². The van der Waals surface area contributed by atoms with E-state index in [2.05, 4.69) is 18.8 Å². The maximum Gasteiger partial charge on any atom is 0.0530 e. The van der Waals surface area contributed by atoms with Crippen molar-refractivity contribution in [3.8, 4) is 0 Å². The topological polar surface area (TPSA) is 12.4 Å². The van der Waals surface area contributed by atoms with Gasteiger partial charge in [-0.1, -0.05) is 6.92 Å². The van der Waals surface area contributed by atoms with Gasteiger partial charge in [0.1, 0.15) is 0 Å². The molecule has 3 unspecified atom stereocenters. The number of hydrogen-bond acceptors (Lipinski definition) is 1. The van der Waals surface area contributed by atoms with Crippen LogP contribution in [0.4, 0.5) is 0 Å². The molecule has 2 rings (SSSR count). The largest absolute Gasteiger partial charge is 0.291 e. The smallest absolute Gasteiger partial charge is 0.0530 e. The molecule has 0 N–H and O–H groups in total. The molecule has 1 heteroatoms. The van der Waals surface area contributed by atoms with Gasteiger partial charge in [0.15, 0.2) is 0 Å². The van der Waals surface area contributed by atoms with Crippen LogP contribution in [0.25, 0.3) is 0 Å². The van der Waals surface area contributed by atoms with E-state index >= 15 is 0 Å². The third kappa shape index (κ3) is 1.33. The van der Waals surface area contributed by atoms with E-state index < -0.39 is 0 Å². The average Bonchev–Trinajstić information content (AvgIpc) is 2.27. The zero-order chi connectivity index (χ0) is 7.84. The fraction of sp³-hybridized carbons (Fsp3) is 0.900. The van der Waals surface area contributed by atoms with Crippen molar-refractivity contribution in [1.29, 1.82) is 0 Å². The second-order valence-corrected chi connectivity index (χ2v) is 4.31. The van der Waals surface area contributed by atoms with Crippen molar-refractivity contribution < 1.29 is 0 Å². The zero-order valence-electron chi connectivity index (χ0n) is 7.51. The van der Waals surface area contributed by atoms with Crippen molar-refractivity contribution in [2.75, 3.05) is 0 Å². The Labute approximate surface area is 68.9 Å². The van der Waals surface area contributed by atoms with Crippen molar-refractivity contribution in [1.82, 2.24) is 0 Å². The van der Waals surface area contributed by atoms with E-state index in [1.807, 2.05) is 0 Å². The van der Waals surface area contributed by atoms with Crippen LogP contribution in [0.5, 0.6) is 0 Å². The Balaban J connectivity index is 2.03. The van der Waals surface area contributed by atoms with Gasteiger partial charge in [0.05, 0.1) is 6.04 Å². The van der Waals surface area contributed by atoms with Crippen LogP contribution in [0.2, 0.25) is 0 Å². The SMILES string of the molecule is CC1=NC2CCC(C)CC2C1. The second kappa shape index (κ2) is 2.62. The van der Waals surface area contributed by atoms with E-state index in [0.29, 0.717) is 6.04 Å². The summed E-state index contributed by atoms with van der Waals surface area (Å²) in [6, 6.07) is 0.714. The first-order valence-electron chi connectivity index (χ1n) is 4.79. The predicted octanol–water partition coefficient (Wildman–Crippen LogP) is 2.66. The van der Waals surface area contributed by atoms with E-state index in [9.17, 15) is 0 Å². The lowest BCUT2D eigenvalue weighted by molar-refractivity contribution is 0.267. The summed E-state index contributed by atoms with van der Waals surface area (Å²) in [4.78, 5) is 4.66. The summed E-state index contributed by atoms with van der Waals surface area (Å²) in [6.07, 6.45) is 5.46. The normalized spacial score (nSPS) is 43.5. The van der Waals surface area contributed by atoms with Crippen LogP contribution >= 0.6 is 0 Å². The molecule has 2 aliphatic rings. The highest BCUT2D eigenvalue weighted by Crippen LogP contribution is 2.36. The zero-order valence-corrected chi connectivity index (χ0v) is 7.51. The first kappa shape index (κ1) is 7.33. The minimum atomic E-state index is 0.714. The van der Waals surface area contributed by atoms with Crippen LogP contribution in [-0.2, 0) is 0 Å². The van der Waals surface area contributed by atoms with Crippen molar-refractivity contribution in [3.05, 3.63) is 0 Å². The van der Waals surface area contributed by atoms with Crippen LogP contribution < -0.4 is 0 Å². The average molecular weight is 151 g/mol. The molecule has 62 valence electrons. The van der Waals surface area contributed by atoms with Gasteiger partial charge in [-0.15, -0.1) is 0 Å². The summed E-state index contributed by atoms with van der Waals surface area (Å²) in [5.74, 6) is 1.87. The fourth-order valence-corrected chi connectivity index (χ4v) is 2.59. The lowest BCUT2D eigenvalue weighted by Crippen LogP contribution is -2.23. The molecule has 1 aliphatic carbocycles. The van der Waals surface area contributed by atoms with Gasteiger partial charge in [-0.05, 0) is 44.4 Å². The number of rotatable bonds is 0. The summed E-state index contributed by atoms with van der Waals surface area (Å²) in [5.41, 5.74) is 1.40. The van der Waals surface area contributed by atoms with Gasteiger partial charge in [0, 0.05) is 5.71 Å². The lowest BCUT2D eigenvalue weighted by atomic mass is 9.79. The third-order valence-corrected chi connectivity index (χ3v) is 3.15. The van der Waals surface area contributed by atoms with E-state index in [4.69, 9.17) is 0 Å². The van der Waals surface area contributed by atoms with Crippen LogP contribution in [-0.4, -0.2) is 11.8 Å². The molecule has 1 heterocycles. The number of nitrogens with zero attached hydrogens (tertiary/aromatic N) is 1. The van der Waals surface area contributed by atoms with Crippen molar-refractivity contribution in [2.24, 2.45) is 16.8 Å². The van der Waals surface area contributed by atoms with E-state index in [-0.39, 0.29) is 0 Å². The van der Waals surface area contributed by atoms with Crippen molar-refractivity contribution >= 4 is 5.71 Å². The van der Waals surface area contributed by atoms with Gasteiger partial charge in [-0.3, -0.25) is 4.99 Å². The first-order chi connectivity index (χ1) is 5.25. The number of fused-ring (bicyclic) bond motifs is 1. The van der Waals surface area contributed by atoms with E-state index in [0.717, 1.165) is 11.8 Å². The Kier molecular flexibility index (Phi) is 1.74. The molecule has 0 bridgehead atoms. The Bertz CT molecular complexity index is 183. The molecule has 1 saturated carbocycles. The van der Waals surface area contributed by atoms with Gasteiger partial charge < -0.3 is 0 Å². The minimum Gasteiger partial charge on any atom is -0.291 e. The Morgan fingerprint density at radius 3 is 3.00 bits per heavy atom. The lowest BCUT2D eigenvalue weighted by Gasteiger charge is -2.27. The molecule has 0 aromatic carbocycles. The second-order valence-electron chi connectivity index (χ2n) is 4.31. The van der Waals surface area contributed by atoms with Crippen molar-refractivity contribution in [2.45, 2.75) is 45.6 Å². The Morgan fingerprint density at radius 1 is 1.36 bits per heavy atom. The Morgan fingerprint density at radius 2 is 2.18 bits per heavy atom. The summed E-state index contributed by atoms with van der Waals surface area (Å²) in [7, 11) is 0. The summed E-state index contributed by atoms with van der Waals surface area (Å²) in [5, 5.41) is 0. The van der Waals surface area contributed by atoms with Crippen LogP contribution in [0.1, 0.15) is 39.5 Å². The number of hydrogen-bond donors (Lipinski definition) is 0. The maximum atomic E-state index is 4.66. The quantitative estimate of drug-likeness (QED) is 0.504. The number of aliphatic imine (C=N–C) groups is 1. The standard InChI is InChI=1S/C10H17N/c1-7-3-4-10-9(5-7)6-8(2)11-10/h7,9-10H,3-6H2,1-2H3. The highest BCUT2D eigenvalue weighted by atomic mass is 14.8. The summed E-state index contributed by atoms with van der Waals surface area (Å²) >= 11 is 0. The molecule has 0 spiro atoms. The summed E-state index contributed by atoms with van der Waals surface area (Å²) in [6.45, 7) is 4.56. The minimum absolute atomic E-state index is 0.714. The molecule has 0 aromatic heterocycles. The van der Waals surface area contributed by atoms with Crippen LogP contribution in [0.15, 0.2) is 4.99 Å². The Hall–Kier alpha value is -0.330. The highest BCUT2D eigenvalue weighted by molar-refractivity contribution is 5.84. The van der Waals surface area contributed by atoms with E-state index in [1.54, 1.807) is 0 Å². The van der Waals surface area contributed by atoms with Crippen LogP contribution in [0.3, 0.4) is 0 Å². The predicted molar refractivity (Wildman–Crippen MR) is 48.0 cm³/mol. The van der Waals surface area contributed by atoms with Gasteiger partial charge in [0.25, 0.3) is 0 Å². The molecule has 1 nitrogen and oxygen atoms in total. The molecule has 0 aromatic rings. The van der Waals surface area contributed by atoms with Crippen LogP contribution in [0, 0.1) is 11.8 Å². The van der Waals surface area contributed by atoms with Crippen molar-refractivity contribution in [3.63, 3.8) is 0 Å². The molecule has 3 atom stereocenters. The molecule has 11 heavy (non-hydrogen) atoms. The monoisotopic (exact) mass is 151 g/mol. The summed E-state index contributed by atoms with van der Waals surface area (Å²) < 4.78 is 0. The molecule has 1 fully saturated rings. The molecule has 1 aliphatic heterocycles. The molecular formula is C10H17N. The fourth-order valence-electron chi connectivity index (χ4n) is 2.59. The van der Waals surface area contributed by atoms with Gasteiger partial charge in [0.2, 0.25) is 0 Å². The van der Waals surface area contributed by atoms with Gasteiger partial charge in [-0.2, -0.15) is 0 Å². The van der Waals surface area contributed by atoms with Gasteiger partial charge >= 0.3 is 0 Å². The molecule has 0 saturated heterocycles. The first-order valence-corrected chi connectivity index (χ1v) is 4.79. The third-order valence-electron chi connectivity index (χ3n) is 3.15. The molecule has 0 radical (unpaired) electrons. The maximum absolute atomic E-state index is 4.66. The molecular weight excluding hydrogens is 134 g/mol. The molecule has 0 amide bonds.